The maximum Gasteiger partial charge on any atom is 0.319 e. The van der Waals surface area contributed by atoms with E-state index in [1.165, 1.54) is 11.6 Å². The van der Waals surface area contributed by atoms with Gasteiger partial charge in [0.15, 0.2) is 5.82 Å². The molecule has 2 aromatic heterocycles. The van der Waals surface area contributed by atoms with E-state index in [0.717, 1.165) is 69.4 Å². The van der Waals surface area contributed by atoms with Crippen molar-refractivity contribution in [3.8, 4) is 17.3 Å². The molecule has 0 radical (unpaired) electrons. The smallest absolute Gasteiger partial charge is 0.319 e. The number of aromatic nitrogens is 3. The Kier molecular flexibility index (Phi) is 7.78. The molecule has 0 unspecified atom stereocenters. The van der Waals surface area contributed by atoms with Crippen LogP contribution in [-0.2, 0) is 11.2 Å². The van der Waals surface area contributed by atoms with Gasteiger partial charge in [-0.1, -0.05) is 24.8 Å². The minimum Gasteiger partial charge on any atom is -0.461 e. The predicted octanol–water partition coefficient (Wildman–Crippen LogP) is 4.34. The molecule has 0 saturated carbocycles. The number of ether oxygens (including phenoxy) is 1. The Morgan fingerprint density at radius 3 is 2.78 bits per heavy atom. The van der Waals surface area contributed by atoms with Crippen LogP contribution in [0.2, 0.25) is 0 Å². The van der Waals surface area contributed by atoms with Crippen molar-refractivity contribution in [2.75, 3.05) is 69.3 Å². The number of hydrogen-bond acceptors (Lipinski definition) is 8. The molecule has 0 bridgehead atoms. The zero-order chi connectivity index (χ0) is 31.1. The summed E-state index contributed by atoms with van der Waals surface area (Å²) >= 11 is 0. The third-order valence-corrected chi connectivity index (χ3v) is 10.2. The van der Waals surface area contributed by atoms with Crippen molar-refractivity contribution in [1.82, 2.24) is 24.8 Å². The molecule has 4 aliphatic heterocycles. The first-order valence-electron chi connectivity index (χ1n) is 16.0. The molecule has 11 heteroatoms. The minimum absolute atomic E-state index is 0.0223. The molecule has 7 rings (SSSR count). The highest BCUT2D eigenvalue weighted by atomic mass is 19.1. The Morgan fingerprint density at radius 2 is 2.00 bits per heavy atom. The van der Waals surface area contributed by atoms with Gasteiger partial charge in [-0.15, -0.1) is 0 Å². The van der Waals surface area contributed by atoms with Crippen molar-refractivity contribution in [2.24, 2.45) is 0 Å². The van der Waals surface area contributed by atoms with Gasteiger partial charge < -0.3 is 24.3 Å². The van der Waals surface area contributed by atoms with Crippen LogP contribution in [0.5, 0.6) is 6.01 Å². The summed E-state index contributed by atoms with van der Waals surface area (Å²) in [5, 5.41) is 0.480. The van der Waals surface area contributed by atoms with Gasteiger partial charge in [-0.3, -0.25) is 14.7 Å². The van der Waals surface area contributed by atoms with Crippen molar-refractivity contribution >= 4 is 28.3 Å². The Balaban J connectivity index is 1.31. The number of pyridine rings is 1. The molecule has 4 aliphatic rings. The molecule has 10 nitrogen and oxygen atoms in total. The highest BCUT2D eigenvalue weighted by molar-refractivity contribution is 5.94. The van der Waals surface area contributed by atoms with Gasteiger partial charge in [0.05, 0.1) is 10.9 Å². The molecular weight excluding hydrogens is 571 g/mol. The minimum atomic E-state index is -0.506. The number of carbonyl (C=O) groups excluding carboxylic acids is 1. The van der Waals surface area contributed by atoms with Crippen LogP contribution in [0.3, 0.4) is 0 Å². The molecule has 3 fully saturated rings. The van der Waals surface area contributed by atoms with E-state index < -0.39 is 5.82 Å². The molecule has 234 valence electrons. The second-order valence-electron chi connectivity index (χ2n) is 12.7. The summed E-state index contributed by atoms with van der Waals surface area (Å²) in [4.78, 5) is 38.8. The van der Waals surface area contributed by atoms with Crippen LogP contribution >= 0.6 is 0 Å². The van der Waals surface area contributed by atoms with Crippen molar-refractivity contribution in [2.45, 2.75) is 50.1 Å². The van der Waals surface area contributed by atoms with Crippen LogP contribution < -0.4 is 14.5 Å². The van der Waals surface area contributed by atoms with E-state index in [0.29, 0.717) is 37.4 Å². The predicted molar refractivity (Wildman–Crippen MR) is 172 cm³/mol. The van der Waals surface area contributed by atoms with Crippen LogP contribution in [0.15, 0.2) is 37.1 Å². The molecule has 0 spiro atoms. The summed E-state index contributed by atoms with van der Waals surface area (Å²) in [6.07, 6.45) is 9.36. The molecule has 3 saturated heterocycles. The molecule has 0 N–H and O–H groups in total. The summed E-state index contributed by atoms with van der Waals surface area (Å²) in [7, 11) is 2.04. The third-order valence-electron chi connectivity index (χ3n) is 10.2. The number of aryl methyl sites for hydroxylation is 1. The lowest BCUT2D eigenvalue weighted by atomic mass is 9.95. The highest BCUT2D eigenvalue weighted by Crippen LogP contribution is 2.41. The Labute approximate surface area is 263 Å². The Bertz CT molecular complexity index is 1680. The molecule has 6 heterocycles. The number of piperazine rings is 1. The largest absolute Gasteiger partial charge is 0.461 e. The third kappa shape index (κ3) is 5.15. The monoisotopic (exact) mass is 610 g/mol. The fraction of sp³-hybridized carbons (Fsp3) is 0.500. The SMILES string of the molecule is [C-]#[N+]C[C@H]1CN(c2nc(OCC34CCCN3CCC4)nc3c(F)c(-c4cccc5c4N(C)CCC5)ncc23)CCN1C(=O)C=C. The van der Waals surface area contributed by atoms with Gasteiger partial charge in [0.25, 0.3) is 0 Å². The molecule has 1 amide bonds. The fourth-order valence-corrected chi connectivity index (χ4v) is 7.95. The lowest BCUT2D eigenvalue weighted by Crippen LogP contribution is -2.56. The molecule has 3 aromatic rings. The van der Waals surface area contributed by atoms with Gasteiger partial charge in [-0.25, -0.2) is 11.0 Å². The first-order chi connectivity index (χ1) is 21.9. The number of anilines is 2. The van der Waals surface area contributed by atoms with Gasteiger partial charge >= 0.3 is 6.01 Å². The van der Waals surface area contributed by atoms with Crippen LogP contribution in [0.25, 0.3) is 27.0 Å². The number of rotatable bonds is 7. The summed E-state index contributed by atoms with van der Waals surface area (Å²) < 4.78 is 23.2. The van der Waals surface area contributed by atoms with Crippen LogP contribution in [0.1, 0.15) is 37.7 Å². The molecule has 45 heavy (non-hydrogen) atoms. The van der Waals surface area contributed by atoms with Crippen LogP contribution in [0, 0.1) is 12.4 Å². The van der Waals surface area contributed by atoms with E-state index in [9.17, 15) is 4.79 Å². The quantitative estimate of drug-likeness (QED) is 0.289. The number of nitrogens with zero attached hydrogens (tertiary/aromatic N) is 8. The number of para-hydroxylation sites is 1. The maximum atomic E-state index is 16.8. The van der Waals surface area contributed by atoms with Crippen molar-refractivity contribution < 1.29 is 13.9 Å². The van der Waals surface area contributed by atoms with E-state index in [-0.39, 0.29) is 41.3 Å². The topological polar surface area (TPSA) is 82.3 Å². The zero-order valence-corrected chi connectivity index (χ0v) is 25.8. The maximum absolute atomic E-state index is 16.8. The molecule has 1 atom stereocenters. The van der Waals surface area contributed by atoms with Gasteiger partial charge in [0.2, 0.25) is 12.5 Å². The number of amides is 1. The van der Waals surface area contributed by atoms with Gasteiger partial charge in [-0.2, -0.15) is 9.97 Å². The van der Waals surface area contributed by atoms with Crippen molar-refractivity contribution in [1.29, 1.82) is 0 Å². The first-order valence-corrected chi connectivity index (χ1v) is 16.0. The van der Waals surface area contributed by atoms with Crippen molar-refractivity contribution in [3.05, 3.63) is 59.8 Å². The molecular formula is C34H39FN8O2. The van der Waals surface area contributed by atoms with E-state index in [2.05, 4.69) is 32.3 Å². The van der Waals surface area contributed by atoms with E-state index in [4.69, 9.17) is 21.3 Å². The number of halogens is 1. The average molecular weight is 611 g/mol. The molecule has 1 aromatic carbocycles. The zero-order valence-electron chi connectivity index (χ0n) is 25.8. The lowest BCUT2D eigenvalue weighted by Gasteiger charge is -2.39. The highest BCUT2D eigenvalue weighted by Gasteiger charge is 2.45. The van der Waals surface area contributed by atoms with E-state index >= 15 is 4.39 Å². The van der Waals surface area contributed by atoms with Gasteiger partial charge in [-0.05, 0) is 63.3 Å². The summed E-state index contributed by atoms with van der Waals surface area (Å²) in [5.41, 5.74) is 3.33. The van der Waals surface area contributed by atoms with E-state index in [1.807, 2.05) is 24.1 Å². The second kappa shape index (κ2) is 11.9. The number of hydrogen-bond donors (Lipinski definition) is 0. The number of benzene rings is 1. The normalized spacial score (nSPS) is 21.0. The van der Waals surface area contributed by atoms with Crippen LogP contribution in [-0.4, -0.2) is 102 Å². The molecule has 0 aliphatic carbocycles. The first kappa shape index (κ1) is 29.4. The van der Waals surface area contributed by atoms with E-state index in [1.54, 1.807) is 11.1 Å². The average Bonchev–Trinajstić information content (AvgIpc) is 3.64. The standard InChI is InChI=1S/C34H39FN8O2/c1-4-27(44)43-18-17-41(21-24(43)19-36-2)32-26-20-37-29(25-11-5-9-23-10-6-14-40(3)31(23)25)28(35)30(26)38-33(39-32)45-22-34-12-7-15-42(34)16-8-13-34/h4-5,9,11,20,24H,1,6-8,10,12-19,21-22H2,3H3/t24-/m0/s1. The van der Waals surface area contributed by atoms with Crippen molar-refractivity contribution in [3.63, 3.8) is 0 Å². The van der Waals surface area contributed by atoms with Crippen LogP contribution in [0.4, 0.5) is 15.9 Å². The number of carbonyl (C=O) groups is 1. The lowest BCUT2D eigenvalue weighted by molar-refractivity contribution is -0.128. The van der Waals surface area contributed by atoms with Gasteiger partial charge in [0, 0.05) is 50.7 Å². The summed E-state index contributed by atoms with van der Waals surface area (Å²) in [5.74, 6) is -0.202. The number of fused-ring (bicyclic) bond motifs is 3. The fourth-order valence-electron chi connectivity index (χ4n) is 7.95. The second-order valence-corrected chi connectivity index (χ2v) is 12.7. The summed E-state index contributed by atoms with van der Waals surface area (Å²) in [6.45, 7) is 16.0. The summed E-state index contributed by atoms with van der Waals surface area (Å²) in [6, 6.07) is 5.78. The Morgan fingerprint density at radius 1 is 1.18 bits per heavy atom. The van der Waals surface area contributed by atoms with Gasteiger partial charge in [0.1, 0.15) is 29.7 Å². The Hall–Kier alpha value is -4.30.